The van der Waals surface area contributed by atoms with Crippen LogP contribution in [0.15, 0.2) is 18.6 Å². The highest BCUT2D eigenvalue weighted by Crippen LogP contribution is 2.12. The van der Waals surface area contributed by atoms with Crippen molar-refractivity contribution < 1.29 is 5.11 Å². The molecule has 5 nitrogen and oxygen atoms in total. The van der Waals surface area contributed by atoms with Crippen LogP contribution in [-0.4, -0.2) is 26.2 Å². The Morgan fingerprint density at radius 2 is 2.31 bits per heavy atom. The molecule has 2 heterocycles. The minimum atomic E-state index is 0.0809. The molecule has 0 bridgehead atoms. The lowest BCUT2D eigenvalue weighted by molar-refractivity contribution is 0.277. The monoisotopic (exact) mass is 178 g/mol. The number of nitrogen functional groups attached to an aromatic ring is 1. The number of pyridine rings is 1. The maximum absolute atomic E-state index is 8.75. The van der Waals surface area contributed by atoms with Crippen molar-refractivity contribution in [1.29, 1.82) is 0 Å². The van der Waals surface area contributed by atoms with E-state index in [1.54, 1.807) is 23.2 Å². The Bertz CT molecular complexity index is 423. The fourth-order valence-electron chi connectivity index (χ4n) is 1.24. The molecule has 0 spiro atoms. The predicted octanol–water partition coefficient (Wildman–Crippen LogP) is 0.00580. The Labute approximate surface area is 74.8 Å². The molecule has 68 valence electrons. The van der Waals surface area contributed by atoms with Gasteiger partial charge in [0.2, 0.25) is 0 Å². The van der Waals surface area contributed by atoms with Crippen molar-refractivity contribution in [2.45, 2.75) is 6.54 Å². The second-order valence-corrected chi connectivity index (χ2v) is 2.77. The van der Waals surface area contributed by atoms with Crippen LogP contribution in [0.25, 0.3) is 11.2 Å². The van der Waals surface area contributed by atoms with Crippen LogP contribution in [0.5, 0.6) is 0 Å². The van der Waals surface area contributed by atoms with E-state index < -0.39 is 0 Å². The largest absolute Gasteiger partial charge is 0.397 e. The number of fused-ring (bicyclic) bond motifs is 1. The summed E-state index contributed by atoms with van der Waals surface area (Å²) in [5.41, 5.74) is 7.66. The van der Waals surface area contributed by atoms with Crippen LogP contribution >= 0.6 is 0 Å². The van der Waals surface area contributed by atoms with E-state index in [9.17, 15) is 0 Å². The Kier molecular flexibility index (Phi) is 1.86. The summed E-state index contributed by atoms with van der Waals surface area (Å²) in [5.74, 6) is 0. The van der Waals surface area contributed by atoms with Gasteiger partial charge in [0.25, 0.3) is 0 Å². The van der Waals surface area contributed by atoms with Gasteiger partial charge in [-0.2, -0.15) is 0 Å². The van der Waals surface area contributed by atoms with Gasteiger partial charge < -0.3 is 15.4 Å². The Morgan fingerprint density at radius 1 is 1.46 bits per heavy atom. The molecule has 0 fully saturated rings. The molecule has 0 aliphatic rings. The molecule has 0 saturated carbocycles. The summed E-state index contributed by atoms with van der Waals surface area (Å²) >= 11 is 0. The molecule has 0 saturated heterocycles. The standard InChI is InChI=1S/C8H10N4O/c9-6-3-7-8(10-4-6)12(1-2-13)5-11-7/h3-5,13H,1-2,9H2. The maximum Gasteiger partial charge on any atom is 0.159 e. The second-order valence-electron chi connectivity index (χ2n) is 2.77. The highest BCUT2D eigenvalue weighted by molar-refractivity contribution is 5.74. The van der Waals surface area contributed by atoms with Crippen LogP contribution in [0.3, 0.4) is 0 Å². The summed E-state index contributed by atoms with van der Waals surface area (Å²) in [6.45, 7) is 0.588. The number of anilines is 1. The smallest absolute Gasteiger partial charge is 0.159 e. The van der Waals surface area contributed by atoms with E-state index >= 15 is 0 Å². The fourth-order valence-corrected chi connectivity index (χ4v) is 1.24. The lowest BCUT2D eigenvalue weighted by Gasteiger charge is -1.99. The zero-order chi connectivity index (χ0) is 9.26. The molecular formula is C8H10N4O. The molecular weight excluding hydrogens is 168 g/mol. The van der Waals surface area contributed by atoms with Gasteiger partial charge in [0.05, 0.1) is 24.8 Å². The van der Waals surface area contributed by atoms with E-state index in [1.165, 1.54) is 0 Å². The number of hydrogen-bond acceptors (Lipinski definition) is 4. The summed E-state index contributed by atoms with van der Waals surface area (Å²) in [7, 11) is 0. The lowest BCUT2D eigenvalue weighted by atomic mass is 10.4. The minimum absolute atomic E-state index is 0.0809. The number of aliphatic hydroxyl groups excluding tert-OH is 1. The molecule has 0 atom stereocenters. The number of nitrogens with zero attached hydrogens (tertiary/aromatic N) is 3. The summed E-state index contributed by atoms with van der Waals surface area (Å²) in [6, 6.07) is 1.76. The van der Waals surface area contributed by atoms with E-state index in [2.05, 4.69) is 9.97 Å². The fraction of sp³-hybridized carbons (Fsp3) is 0.250. The average Bonchev–Trinajstić information content (AvgIpc) is 2.49. The highest BCUT2D eigenvalue weighted by Gasteiger charge is 2.02. The second kappa shape index (κ2) is 3.02. The van der Waals surface area contributed by atoms with Crippen LogP contribution < -0.4 is 5.73 Å². The molecule has 0 aliphatic heterocycles. The molecule has 0 aliphatic carbocycles. The zero-order valence-corrected chi connectivity index (χ0v) is 7.01. The SMILES string of the molecule is Nc1cnc2c(c1)ncn2CCO. The van der Waals surface area contributed by atoms with Crippen LogP contribution in [0, 0.1) is 0 Å². The van der Waals surface area contributed by atoms with Gasteiger partial charge in [-0.05, 0) is 6.07 Å². The Morgan fingerprint density at radius 3 is 3.08 bits per heavy atom. The molecule has 5 heteroatoms. The maximum atomic E-state index is 8.75. The van der Waals surface area contributed by atoms with Crippen LogP contribution in [-0.2, 0) is 6.54 Å². The first-order valence-electron chi connectivity index (χ1n) is 3.98. The highest BCUT2D eigenvalue weighted by atomic mass is 16.3. The Balaban J connectivity index is 2.55. The first-order chi connectivity index (χ1) is 6.31. The van der Waals surface area contributed by atoms with E-state index in [0.717, 1.165) is 11.2 Å². The number of nitrogens with two attached hydrogens (primary N) is 1. The number of imidazole rings is 1. The summed E-state index contributed by atoms with van der Waals surface area (Å²) in [6.07, 6.45) is 3.23. The first-order valence-corrected chi connectivity index (χ1v) is 3.98. The summed E-state index contributed by atoms with van der Waals surface area (Å²) in [4.78, 5) is 8.23. The van der Waals surface area contributed by atoms with Gasteiger partial charge in [-0.1, -0.05) is 0 Å². The van der Waals surface area contributed by atoms with Gasteiger partial charge in [-0.3, -0.25) is 0 Å². The van der Waals surface area contributed by atoms with Gasteiger partial charge >= 0.3 is 0 Å². The molecule has 0 aromatic carbocycles. The lowest BCUT2D eigenvalue weighted by Crippen LogP contribution is -2.01. The number of aromatic nitrogens is 3. The molecule has 0 amide bonds. The summed E-state index contributed by atoms with van der Waals surface area (Å²) in [5, 5.41) is 8.75. The van der Waals surface area contributed by atoms with Crippen molar-refractivity contribution in [2.24, 2.45) is 0 Å². The van der Waals surface area contributed by atoms with Crippen molar-refractivity contribution >= 4 is 16.9 Å². The van der Waals surface area contributed by atoms with Crippen LogP contribution in [0.2, 0.25) is 0 Å². The van der Waals surface area contributed by atoms with Crippen molar-refractivity contribution in [3.63, 3.8) is 0 Å². The van der Waals surface area contributed by atoms with E-state index in [1.807, 2.05) is 0 Å². The summed E-state index contributed by atoms with van der Waals surface area (Å²) < 4.78 is 1.79. The predicted molar refractivity (Wildman–Crippen MR) is 49.0 cm³/mol. The number of aliphatic hydroxyl groups is 1. The zero-order valence-electron chi connectivity index (χ0n) is 7.01. The van der Waals surface area contributed by atoms with Gasteiger partial charge in [-0.25, -0.2) is 9.97 Å². The molecule has 2 aromatic heterocycles. The Hall–Kier alpha value is -1.62. The van der Waals surface area contributed by atoms with Crippen LogP contribution in [0.1, 0.15) is 0 Å². The van der Waals surface area contributed by atoms with Gasteiger partial charge in [0, 0.05) is 6.54 Å². The van der Waals surface area contributed by atoms with Crippen LogP contribution in [0.4, 0.5) is 5.69 Å². The average molecular weight is 178 g/mol. The van der Waals surface area contributed by atoms with E-state index in [-0.39, 0.29) is 6.61 Å². The van der Waals surface area contributed by atoms with Crippen molar-refractivity contribution in [3.8, 4) is 0 Å². The molecule has 13 heavy (non-hydrogen) atoms. The third-order valence-corrected chi connectivity index (χ3v) is 1.82. The topological polar surface area (TPSA) is 77.0 Å². The molecule has 0 unspecified atom stereocenters. The normalized spacial score (nSPS) is 10.8. The van der Waals surface area contributed by atoms with Gasteiger partial charge in [-0.15, -0.1) is 0 Å². The molecule has 2 aromatic rings. The van der Waals surface area contributed by atoms with E-state index in [4.69, 9.17) is 10.8 Å². The number of hydrogen-bond donors (Lipinski definition) is 2. The first kappa shape index (κ1) is 8.00. The van der Waals surface area contributed by atoms with E-state index in [0.29, 0.717) is 12.2 Å². The number of rotatable bonds is 2. The van der Waals surface area contributed by atoms with Gasteiger partial charge in [0.1, 0.15) is 5.52 Å². The van der Waals surface area contributed by atoms with Crippen molar-refractivity contribution in [3.05, 3.63) is 18.6 Å². The van der Waals surface area contributed by atoms with Crippen molar-refractivity contribution in [1.82, 2.24) is 14.5 Å². The third kappa shape index (κ3) is 1.33. The van der Waals surface area contributed by atoms with Gasteiger partial charge in [0.15, 0.2) is 5.65 Å². The quantitative estimate of drug-likeness (QED) is 0.678. The van der Waals surface area contributed by atoms with Crippen molar-refractivity contribution in [2.75, 3.05) is 12.3 Å². The minimum Gasteiger partial charge on any atom is -0.397 e. The molecule has 2 rings (SSSR count). The molecule has 0 radical (unpaired) electrons. The molecule has 3 N–H and O–H groups in total. The third-order valence-electron chi connectivity index (χ3n) is 1.82.